The lowest BCUT2D eigenvalue weighted by Crippen LogP contribution is -2.32. The van der Waals surface area contributed by atoms with E-state index in [-0.39, 0.29) is 21.3 Å². The molecule has 0 amide bonds. The molecule has 9 heteroatoms. The first-order chi connectivity index (χ1) is 11.6. The maximum absolute atomic E-state index is 12.6. The van der Waals surface area contributed by atoms with E-state index in [1.54, 1.807) is 39.0 Å². The summed E-state index contributed by atoms with van der Waals surface area (Å²) in [6.45, 7) is 4.78. The van der Waals surface area contributed by atoms with Crippen LogP contribution in [0.25, 0.3) is 0 Å². The number of halogens is 2. The van der Waals surface area contributed by atoms with Crippen molar-refractivity contribution < 1.29 is 14.5 Å². The molecule has 0 aliphatic carbocycles. The fraction of sp³-hybridized carbons (Fsp3) is 0.312. The number of nitro groups is 1. The lowest BCUT2D eigenvalue weighted by molar-refractivity contribution is -0.431. The van der Waals surface area contributed by atoms with Crippen molar-refractivity contribution in [2.45, 2.75) is 32.1 Å². The first-order valence-corrected chi connectivity index (χ1v) is 8.58. The second-order valence-corrected chi connectivity index (χ2v) is 7.02. The lowest BCUT2D eigenvalue weighted by Gasteiger charge is -2.27. The predicted molar refractivity (Wildman–Crippen MR) is 99.3 cm³/mol. The Morgan fingerprint density at radius 2 is 2.00 bits per heavy atom. The Balaban J connectivity index is 2.71. The minimum absolute atomic E-state index is 0.0994. The molecular formula is C16H16Cl2N2O4S. The van der Waals surface area contributed by atoms with E-state index in [2.05, 4.69) is 17.9 Å². The zero-order valence-corrected chi connectivity index (χ0v) is 16.1. The maximum Gasteiger partial charge on any atom is 0.338 e. The van der Waals surface area contributed by atoms with Crippen molar-refractivity contribution in [3.05, 3.63) is 66.6 Å². The van der Waals surface area contributed by atoms with E-state index >= 15 is 0 Å². The molecule has 0 saturated heterocycles. The molecular weight excluding hydrogens is 387 g/mol. The molecule has 134 valence electrons. The molecule has 1 N–H and O–H groups in total. The van der Waals surface area contributed by atoms with Gasteiger partial charge >= 0.3 is 5.97 Å². The summed E-state index contributed by atoms with van der Waals surface area (Å²) >= 11 is 16.4. The van der Waals surface area contributed by atoms with Crippen LogP contribution in [0.1, 0.15) is 32.3 Å². The van der Waals surface area contributed by atoms with Crippen LogP contribution in [0, 0.1) is 10.1 Å². The Kier molecular flexibility index (Phi) is 6.03. The number of benzene rings is 1. The zero-order chi connectivity index (χ0) is 18.9. The van der Waals surface area contributed by atoms with Gasteiger partial charge in [0.15, 0.2) is 0 Å². The molecule has 0 fully saturated rings. The molecule has 1 aliphatic heterocycles. The van der Waals surface area contributed by atoms with E-state index in [0.29, 0.717) is 17.0 Å². The Morgan fingerprint density at radius 1 is 1.36 bits per heavy atom. The fourth-order valence-electron chi connectivity index (χ4n) is 2.76. The van der Waals surface area contributed by atoms with Gasteiger partial charge in [0.05, 0.1) is 26.2 Å². The van der Waals surface area contributed by atoms with Crippen molar-refractivity contribution in [3.8, 4) is 0 Å². The van der Waals surface area contributed by atoms with Gasteiger partial charge in [-0.1, -0.05) is 35.3 Å². The largest absolute Gasteiger partial charge is 0.448 e. The SMILES string of the molecule is CC1=C(C(=O)OC(C)S)C(c2cccc(Cl)c2Cl)C([N+](=O)[O-])=C(C)N1. The molecule has 1 aliphatic rings. The molecule has 0 bridgehead atoms. The summed E-state index contributed by atoms with van der Waals surface area (Å²) in [6.07, 6.45) is 0. The molecule has 0 radical (unpaired) electrons. The van der Waals surface area contributed by atoms with Crippen molar-refractivity contribution in [2.24, 2.45) is 0 Å². The monoisotopic (exact) mass is 402 g/mol. The molecule has 0 saturated carbocycles. The summed E-state index contributed by atoms with van der Waals surface area (Å²) in [6, 6.07) is 4.80. The molecule has 2 unspecified atom stereocenters. The molecule has 25 heavy (non-hydrogen) atoms. The van der Waals surface area contributed by atoms with E-state index < -0.39 is 22.2 Å². The average Bonchev–Trinajstić information content (AvgIpc) is 2.47. The zero-order valence-electron chi connectivity index (χ0n) is 13.7. The Morgan fingerprint density at radius 3 is 2.56 bits per heavy atom. The van der Waals surface area contributed by atoms with E-state index in [0.717, 1.165) is 0 Å². The van der Waals surface area contributed by atoms with Crippen molar-refractivity contribution in [1.29, 1.82) is 0 Å². The Hall–Kier alpha value is -1.70. The Bertz CT molecular complexity index is 805. The number of ether oxygens (including phenoxy) is 1. The lowest BCUT2D eigenvalue weighted by atomic mass is 9.84. The van der Waals surface area contributed by atoms with Gasteiger partial charge in [0.25, 0.3) is 5.70 Å². The molecule has 1 aromatic carbocycles. The van der Waals surface area contributed by atoms with Crippen LogP contribution in [0.3, 0.4) is 0 Å². The summed E-state index contributed by atoms with van der Waals surface area (Å²) in [5, 5.41) is 14.9. The quantitative estimate of drug-likeness (QED) is 0.258. The van der Waals surface area contributed by atoms with Gasteiger partial charge < -0.3 is 10.1 Å². The molecule has 1 aromatic rings. The second-order valence-electron chi connectivity index (χ2n) is 5.51. The third-order valence-corrected chi connectivity index (χ3v) is 4.65. The van der Waals surface area contributed by atoms with Gasteiger partial charge in [-0.2, -0.15) is 0 Å². The number of dihydropyridines is 1. The minimum atomic E-state index is -1.01. The number of esters is 1. The van der Waals surface area contributed by atoms with E-state index in [1.807, 2.05) is 0 Å². The van der Waals surface area contributed by atoms with Gasteiger partial charge in [0.1, 0.15) is 11.4 Å². The van der Waals surface area contributed by atoms with Gasteiger partial charge in [0, 0.05) is 5.70 Å². The number of hydrogen-bond donors (Lipinski definition) is 2. The van der Waals surface area contributed by atoms with Crippen LogP contribution in [0.2, 0.25) is 10.0 Å². The van der Waals surface area contributed by atoms with Crippen LogP contribution >= 0.6 is 35.8 Å². The van der Waals surface area contributed by atoms with Gasteiger partial charge in [-0.25, -0.2) is 4.79 Å². The number of nitrogens with zero attached hydrogens (tertiary/aromatic N) is 1. The van der Waals surface area contributed by atoms with Gasteiger partial charge in [-0.3, -0.25) is 10.1 Å². The number of allylic oxidation sites excluding steroid dienone is 3. The number of thiol groups is 1. The second kappa shape index (κ2) is 7.68. The highest BCUT2D eigenvalue weighted by atomic mass is 35.5. The van der Waals surface area contributed by atoms with Crippen LogP contribution < -0.4 is 5.32 Å². The highest BCUT2D eigenvalue weighted by Crippen LogP contribution is 2.43. The summed E-state index contributed by atoms with van der Waals surface area (Å²) in [5.74, 6) is -1.72. The average molecular weight is 403 g/mol. The van der Waals surface area contributed by atoms with Crippen LogP contribution in [-0.2, 0) is 9.53 Å². The molecule has 2 atom stereocenters. The van der Waals surface area contributed by atoms with E-state index in [9.17, 15) is 14.9 Å². The van der Waals surface area contributed by atoms with Gasteiger partial charge in [0.2, 0.25) is 0 Å². The summed E-state index contributed by atoms with van der Waals surface area (Å²) < 4.78 is 5.15. The van der Waals surface area contributed by atoms with Crippen LogP contribution in [0.15, 0.2) is 40.9 Å². The molecule has 2 rings (SSSR count). The van der Waals surface area contributed by atoms with Crippen LogP contribution in [-0.4, -0.2) is 16.3 Å². The van der Waals surface area contributed by atoms with Gasteiger partial charge in [-0.15, -0.1) is 12.6 Å². The Labute approximate surface area is 160 Å². The number of carbonyl (C=O) groups excluding carboxylic acids is 1. The summed E-state index contributed by atoms with van der Waals surface area (Å²) in [7, 11) is 0. The third kappa shape index (κ3) is 3.94. The first kappa shape index (κ1) is 19.6. The van der Waals surface area contributed by atoms with Crippen molar-refractivity contribution in [2.75, 3.05) is 0 Å². The molecule has 1 heterocycles. The van der Waals surface area contributed by atoms with Crippen molar-refractivity contribution in [1.82, 2.24) is 5.32 Å². The maximum atomic E-state index is 12.6. The molecule has 0 aromatic heterocycles. The third-order valence-electron chi connectivity index (χ3n) is 3.71. The fourth-order valence-corrected chi connectivity index (χ4v) is 3.27. The molecule has 6 nitrogen and oxygen atoms in total. The smallest absolute Gasteiger partial charge is 0.338 e. The number of nitrogens with one attached hydrogen (secondary N) is 1. The number of hydrogen-bond acceptors (Lipinski definition) is 6. The number of rotatable bonds is 4. The van der Waals surface area contributed by atoms with E-state index in [4.69, 9.17) is 27.9 Å². The summed E-state index contributed by atoms with van der Waals surface area (Å²) in [4.78, 5) is 23.7. The first-order valence-electron chi connectivity index (χ1n) is 7.31. The van der Waals surface area contributed by atoms with E-state index in [1.165, 1.54) is 0 Å². The topological polar surface area (TPSA) is 81.5 Å². The predicted octanol–water partition coefficient (Wildman–Crippen LogP) is 4.28. The highest BCUT2D eigenvalue weighted by Gasteiger charge is 2.42. The summed E-state index contributed by atoms with van der Waals surface area (Å²) in [5.41, 5.74) is 0.368. The minimum Gasteiger partial charge on any atom is -0.448 e. The highest BCUT2D eigenvalue weighted by molar-refractivity contribution is 7.80. The number of carbonyl (C=O) groups is 1. The normalized spacial score (nSPS) is 18.7. The molecule has 0 spiro atoms. The van der Waals surface area contributed by atoms with Crippen molar-refractivity contribution >= 4 is 41.8 Å². The van der Waals surface area contributed by atoms with Gasteiger partial charge in [-0.05, 0) is 32.4 Å². The standard InChI is InChI=1S/C16H16Cl2N2O4S/c1-7-12(16(21)24-9(3)25)13(15(20(22)23)8(2)19-7)10-5-4-6-11(17)14(10)18/h4-6,9,13,19,25H,1-3H3. The van der Waals surface area contributed by atoms with Crippen molar-refractivity contribution in [3.63, 3.8) is 0 Å². The van der Waals surface area contributed by atoms with Crippen LogP contribution in [0.4, 0.5) is 0 Å². The van der Waals surface area contributed by atoms with Crippen LogP contribution in [0.5, 0.6) is 0 Å².